The second kappa shape index (κ2) is 5.25. The van der Waals surface area contributed by atoms with Crippen molar-refractivity contribution in [2.24, 2.45) is 5.92 Å². The van der Waals surface area contributed by atoms with E-state index in [0.29, 0.717) is 11.7 Å². The van der Waals surface area contributed by atoms with Gasteiger partial charge in [-0.25, -0.2) is 4.68 Å². The first-order chi connectivity index (χ1) is 8.58. The molecule has 0 bridgehead atoms. The summed E-state index contributed by atoms with van der Waals surface area (Å²) in [6, 6.07) is 10.7. The Kier molecular flexibility index (Phi) is 3.70. The fraction of sp³-hybridized carbons (Fsp3) is 0.400. The van der Waals surface area contributed by atoms with Gasteiger partial charge in [-0.05, 0) is 36.5 Å². The lowest BCUT2D eigenvalue weighted by atomic mass is 10.00. The Morgan fingerprint density at radius 2 is 1.78 bits per heavy atom. The van der Waals surface area contributed by atoms with E-state index in [1.807, 2.05) is 10.7 Å². The molecule has 18 heavy (non-hydrogen) atoms. The van der Waals surface area contributed by atoms with E-state index in [1.54, 1.807) is 6.20 Å². The first-order valence-electron chi connectivity index (χ1n) is 6.45. The largest absolute Gasteiger partial charge is 0.384 e. The fourth-order valence-corrected chi connectivity index (χ4v) is 2.19. The second-order valence-corrected chi connectivity index (χ2v) is 5.22. The molecule has 1 unspecified atom stereocenters. The summed E-state index contributed by atoms with van der Waals surface area (Å²) in [4.78, 5) is 0. The lowest BCUT2D eigenvalue weighted by molar-refractivity contribution is 0.572. The third-order valence-corrected chi connectivity index (χ3v) is 3.17. The van der Waals surface area contributed by atoms with E-state index in [9.17, 15) is 0 Å². The van der Waals surface area contributed by atoms with Crippen LogP contribution >= 0.6 is 0 Å². The lowest BCUT2D eigenvalue weighted by Crippen LogP contribution is -2.11. The van der Waals surface area contributed by atoms with Crippen LogP contribution in [-0.4, -0.2) is 9.78 Å². The molecule has 0 aliphatic rings. The molecule has 1 atom stereocenters. The first kappa shape index (κ1) is 12.7. The Labute approximate surface area is 109 Å². The van der Waals surface area contributed by atoms with Gasteiger partial charge in [-0.2, -0.15) is 5.10 Å². The standard InChI is InChI=1S/C15H21N3/c1-11(2)10-13-4-6-14(7-5-13)12(3)18-15(16)8-9-17-18/h4-9,11-12H,10,16H2,1-3H3. The molecule has 2 rings (SSSR count). The SMILES string of the molecule is CC(C)Cc1ccc(C(C)n2nccc2N)cc1. The summed E-state index contributed by atoms with van der Waals surface area (Å²) in [6.45, 7) is 6.59. The molecule has 2 aromatic rings. The number of nitrogens with two attached hydrogens (primary N) is 1. The molecule has 0 aliphatic heterocycles. The molecule has 2 N–H and O–H groups in total. The number of hydrogen-bond donors (Lipinski definition) is 1. The van der Waals surface area contributed by atoms with Crippen molar-refractivity contribution in [3.05, 3.63) is 47.7 Å². The number of nitrogen functional groups attached to an aromatic ring is 1. The molecule has 3 nitrogen and oxygen atoms in total. The van der Waals surface area contributed by atoms with E-state index in [-0.39, 0.29) is 6.04 Å². The van der Waals surface area contributed by atoms with Gasteiger partial charge in [-0.15, -0.1) is 0 Å². The van der Waals surface area contributed by atoms with Crippen molar-refractivity contribution in [1.29, 1.82) is 0 Å². The van der Waals surface area contributed by atoms with Gasteiger partial charge in [-0.3, -0.25) is 0 Å². The first-order valence-corrected chi connectivity index (χ1v) is 6.45. The van der Waals surface area contributed by atoms with E-state index >= 15 is 0 Å². The average molecular weight is 243 g/mol. The average Bonchev–Trinajstić information content (AvgIpc) is 2.75. The zero-order valence-corrected chi connectivity index (χ0v) is 11.3. The zero-order valence-electron chi connectivity index (χ0n) is 11.3. The van der Waals surface area contributed by atoms with Crippen molar-refractivity contribution in [2.75, 3.05) is 5.73 Å². The maximum absolute atomic E-state index is 5.88. The van der Waals surface area contributed by atoms with Crippen LogP contribution in [0.2, 0.25) is 0 Å². The van der Waals surface area contributed by atoms with E-state index in [1.165, 1.54) is 11.1 Å². The molecule has 1 heterocycles. The van der Waals surface area contributed by atoms with Crippen LogP contribution < -0.4 is 5.73 Å². The Morgan fingerprint density at radius 1 is 1.11 bits per heavy atom. The number of benzene rings is 1. The van der Waals surface area contributed by atoms with Crippen LogP contribution in [0.5, 0.6) is 0 Å². The van der Waals surface area contributed by atoms with E-state index < -0.39 is 0 Å². The Balaban J connectivity index is 2.17. The Bertz CT molecular complexity index is 497. The van der Waals surface area contributed by atoms with Crippen LogP contribution in [0.25, 0.3) is 0 Å². The molecule has 96 valence electrons. The quantitative estimate of drug-likeness (QED) is 0.895. The Hall–Kier alpha value is -1.77. The molecule has 0 aliphatic carbocycles. The summed E-state index contributed by atoms with van der Waals surface area (Å²) in [5, 5.41) is 4.25. The molecule has 0 radical (unpaired) electrons. The van der Waals surface area contributed by atoms with Crippen molar-refractivity contribution in [3.8, 4) is 0 Å². The molecule has 0 saturated carbocycles. The smallest absolute Gasteiger partial charge is 0.122 e. The summed E-state index contributed by atoms with van der Waals surface area (Å²) < 4.78 is 1.84. The minimum absolute atomic E-state index is 0.174. The third-order valence-electron chi connectivity index (χ3n) is 3.17. The van der Waals surface area contributed by atoms with Crippen LogP contribution in [0.4, 0.5) is 5.82 Å². The summed E-state index contributed by atoms with van der Waals surface area (Å²) in [6.07, 6.45) is 2.86. The summed E-state index contributed by atoms with van der Waals surface area (Å²) >= 11 is 0. The summed E-state index contributed by atoms with van der Waals surface area (Å²) in [5.41, 5.74) is 8.49. The van der Waals surface area contributed by atoms with Gasteiger partial charge in [0.25, 0.3) is 0 Å². The Morgan fingerprint density at radius 3 is 2.28 bits per heavy atom. The van der Waals surface area contributed by atoms with E-state index in [2.05, 4.69) is 50.1 Å². The highest BCUT2D eigenvalue weighted by Gasteiger charge is 2.10. The van der Waals surface area contributed by atoms with Crippen LogP contribution in [0.3, 0.4) is 0 Å². The van der Waals surface area contributed by atoms with Gasteiger partial charge < -0.3 is 5.73 Å². The van der Waals surface area contributed by atoms with Crippen LogP contribution in [0.1, 0.15) is 37.9 Å². The van der Waals surface area contributed by atoms with Gasteiger partial charge in [-0.1, -0.05) is 38.1 Å². The van der Waals surface area contributed by atoms with Gasteiger partial charge in [0.2, 0.25) is 0 Å². The zero-order chi connectivity index (χ0) is 13.1. The molecule has 0 fully saturated rings. The molecular formula is C15H21N3. The predicted molar refractivity (Wildman–Crippen MR) is 75.4 cm³/mol. The molecule has 3 heteroatoms. The lowest BCUT2D eigenvalue weighted by Gasteiger charge is -2.15. The van der Waals surface area contributed by atoms with Crippen molar-refractivity contribution in [2.45, 2.75) is 33.2 Å². The maximum Gasteiger partial charge on any atom is 0.122 e. The van der Waals surface area contributed by atoms with Crippen LogP contribution in [0, 0.1) is 5.92 Å². The third kappa shape index (κ3) is 2.73. The second-order valence-electron chi connectivity index (χ2n) is 5.22. The minimum atomic E-state index is 0.174. The van der Waals surface area contributed by atoms with Gasteiger partial charge in [0.15, 0.2) is 0 Å². The van der Waals surface area contributed by atoms with Crippen molar-refractivity contribution < 1.29 is 0 Å². The minimum Gasteiger partial charge on any atom is -0.384 e. The number of nitrogens with zero attached hydrogens (tertiary/aromatic N) is 2. The highest BCUT2D eigenvalue weighted by atomic mass is 15.3. The molecule has 0 saturated heterocycles. The van der Waals surface area contributed by atoms with Crippen molar-refractivity contribution in [3.63, 3.8) is 0 Å². The fourth-order valence-electron chi connectivity index (χ4n) is 2.19. The number of rotatable bonds is 4. The predicted octanol–water partition coefficient (Wildman–Crippen LogP) is 3.27. The van der Waals surface area contributed by atoms with Crippen molar-refractivity contribution in [1.82, 2.24) is 9.78 Å². The summed E-state index contributed by atoms with van der Waals surface area (Å²) in [7, 11) is 0. The van der Waals surface area contributed by atoms with Crippen LogP contribution in [-0.2, 0) is 6.42 Å². The monoisotopic (exact) mass is 243 g/mol. The molecule has 1 aromatic heterocycles. The van der Waals surface area contributed by atoms with Crippen molar-refractivity contribution >= 4 is 5.82 Å². The van der Waals surface area contributed by atoms with Crippen LogP contribution in [0.15, 0.2) is 36.5 Å². The topological polar surface area (TPSA) is 43.8 Å². The van der Waals surface area contributed by atoms with Gasteiger partial charge in [0.05, 0.1) is 12.2 Å². The molecule has 0 amide bonds. The highest BCUT2D eigenvalue weighted by molar-refractivity contribution is 5.31. The highest BCUT2D eigenvalue weighted by Crippen LogP contribution is 2.21. The van der Waals surface area contributed by atoms with Gasteiger partial charge in [0, 0.05) is 0 Å². The van der Waals surface area contributed by atoms with E-state index in [4.69, 9.17) is 5.73 Å². The normalized spacial score (nSPS) is 12.9. The van der Waals surface area contributed by atoms with E-state index in [0.717, 1.165) is 6.42 Å². The molecule has 0 spiro atoms. The van der Waals surface area contributed by atoms with Gasteiger partial charge >= 0.3 is 0 Å². The number of hydrogen-bond acceptors (Lipinski definition) is 2. The number of aromatic nitrogens is 2. The number of anilines is 1. The maximum atomic E-state index is 5.88. The van der Waals surface area contributed by atoms with Gasteiger partial charge in [0.1, 0.15) is 5.82 Å². The summed E-state index contributed by atoms with van der Waals surface area (Å²) in [5.74, 6) is 1.39. The molecular weight excluding hydrogens is 222 g/mol. The molecule has 1 aromatic carbocycles.